The lowest BCUT2D eigenvalue weighted by molar-refractivity contribution is 0.491. The van der Waals surface area contributed by atoms with Crippen molar-refractivity contribution in [3.8, 4) is 11.1 Å². The third-order valence-electron chi connectivity index (χ3n) is 5.22. The van der Waals surface area contributed by atoms with Crippen molar-refractivity contribution >= 4 is 0 Å². The highest BCUT2D eigenvalue weighted by atomic mass is 16.2. The van der Waals surface area contributed by atoms with Crippen molar-refractivity contribution in [1.29, 1.82) is 0 Å². The topological polar surface area (TPSA) is 44.0 Å². The lowest BCUT2D eigenvalue weighted by Crippen LogP contribution is -2.42. The van der Waals surface area contributed by atoms with Crippen LogP contribution in [0.1, 0.15) is 70.9 Å². The first-order valence-electron chi connectivity index (χ1n) is 10.5. The molecule has 0 spiro atoms. The molecular weight excluding hydrogens is 336 g/mol. The summed E-state index contributed by atoms with van der Waals surface area (Å²) in [6.45, 7) is 7.44. The SMILES string of the molecule is CCCCCCn1c(C)c(-c2ccccc2)c(=O)n(CCCCCC)c1=O. The van der Waals surface area contributed by atoms with Gasteiger partial charge in [0.1, 0.15) is 0 Å². The van der Waals surface area contributed by atoms with Gasteiger partial charge in [-0.1, -0.05) is 82.7 Å². The fourth-order valence-electron chi connectivity index (χ4n) is 3.59. The predicted octanol–water partition coefficient (Wildman–Crippen LogP) is 5.15. The second kappa shape index (κ2) is 10.9. The van der Waals surface area contributed by atoms with E-state index in [1.807, 2.05) is 41.8 Å². The van der Waals surface area contributed by atoms with Crippen molar-refractivity contribution in [3.63, 3.8) is 0 Å². The smallest absolute Gasteiger partial charge is 0.297 e. The Morgan fingerprint density at radius 2 is 1.30 bits per heavy atom. The summed E-state index contributed by atoms with van der Waals surface area (Å²) in [5, 5.41) is 0. The number of nitrogens with zero attached hydrogens (tertiary/aromatic N) is 2. The van der Waals surface area contributed by atoms with Gasteiger partial charge >= 0.3 is 5.69 Å². The summed E-state index contributed by atoms with van der Waals surface area (Å²) in [5.74, 6) is 0. The van der Waals surface area contributed by atoms with Gasteiger partial charge in [0.15, 0.2) is 0 Å². The van der Waals surface area contributed by atoms with Crippen molar-refractivity contribution in [2.24, 2.45) is 0 Å². The van der Waals surface area contributed by atoms with E-state index < -0.39 is 0 Å². The Morgan fingerprint density at radius 3 is 1.85 bits per heavy atom. The van der Waals surface area contributed by atoms with Crippen LogP contribution in [0.15, 0.2) is 39.9 Å². The molecule has 0 amide bonds. The number of hydrogen-bond acceptors (Lipinski definition) is 2. The molecule has 0 aliphatic heterocycles. The van der Waals surface area contributed by atoms with Gasteiger partial charge in [-0.05, 0) is 25.3 Å². The van der Waals surface area contributed by atoms with Gasteiger partial charge in [-0.3, -0.25) is 13.9 Å². The maximum atomic E-state index is 13.2. The molecule has 0 fully saturated rings. The lowest BCUT2D eigenvalue weighted by Gasteiger charge is -2.17. The second-order valence-electron chi connectivity index (χ2n) is 7.34. The highest BCUT2D eigenvalue weighted by molar-refractivity contribution is 5.64. The molecule has 0 bridgehead atoms. The number of aromatic nitrogens is 2. The zero-order valence-electron chi connectivity index (χ0n) is 17.2. The maximum absolute atomic E-state index is 13.2. The summed E-state index contributed by atoms with van der Waals surface area (Å²) in [7, 11) is 0. The van der Waals surface area contributed by atoms with Crippen molar-refractivity contribution in [2.45, 2.75) is 85.2 Å². The average Bonchev–Trinajstić information content (AvgIpc) is 2.67. The van der Waals surface area contributed by atoms with E-state index in [2.05, 4.69) is 13.8 Å². The Hall–Kier alpha value is -2.10. The fourth-order valence-corrected chi connectivity index (χ4v) is 3.59. The van der Waals surface area contributed by atoms with Crippen LogP contribution in [0.25, 0.3) is 11.1 Å². The summed E-state index contributed by atoms with van der Waals surface area (Å²) in [4.78, 5) is 26.2. The van der Waals surface area contributed by atoms with Crippen LogP contribution in [0, 0.1) is 6.92 Å². The largest absolute Gasteiger partial charge is 0.331 e. The number of benzene rings is 1. The molecule has 4 nitrogen and oxygen atoms in total. The number of hydrogen-bond donors (Lipinski definition) is 0. The number of unbranched alkanes of at least 4 members (excludes halogenated alkanes) is 6. The number of rotatable bonds is 11. The van der Waals surface area contributed by atoms with Crippen molar-refractivity contribution in [3.05, 3.63) is 56.9 Å². The summed E-state index contributed by atoms with van der Waals surface area (Å²) in [5.41, 5.74) is 2.05. The first-order valence-corrected chi connectivity index (χ1v) is 10.5. The molecule has 0 aliphatic carbocycles. The third kappa shape index (κ3) is 5.44. The highest BCUT2D eigenvalue weighted by Crippen LogP contribution is 2.18. The highest BCUT2D eigenvalue weighted by Gasteiger charge is 2.17. The normalized spacial score (nSPS) is 11.1. The van der Waals surface area contributed by atoms with Gasteiger partial charge in [0.2, 0.25) is 0 Å². The lowest BCUT2D eigenvalue weighted by atomic mass is 10.1. The first kappa shape index (κ1) is 21.2. The maximum Gasteiger partial charge on any atom is 0.331 e. The molecule has 2 aromatic rings. The molecule has 0 aliphatic rings. The third-order valence-corrected chi connectivity index (χ3v) is 5.22. The summed E-state index contributed by atoms with van der Waals surface area (Å²) >= 11 is 0. The summed E-state index contributed by atoms with van der Waals surface area (Å²) in [6.07, 6.45) is 8.62. The van der Waals surface area contributed by atoms with E-state index in [0.29, 0.717) is 18.7 Å². The summed E-state index contributed by atoms with van der Waals surface area (Å²) in [6, 6.07) is 9.74. The molecule has 1 heterocycles. The molecule has 148 valence electrons. The van der Waals surface area contributed by atoms with Crippen molar-refractivity contribution in [1.82, 2.24) is 9.13 Å². The minimum Gasteiger partial charge on any atom is -0.297 e. The van der Waals surface area contributed by atoms with Gasteiger partial charge in [0.05, 0.1) is 5.56 Å². The van der Waals surface area contributed by atoms with Crippen LogP contribution in [-0.2, 0) is 13.1 Å². The molecule has 1 aromatic heterocycles. The molecule has 0 unspecified atom stereocenters. The predicted molar refractivity (Wildman–Crippen MR) is 113 cm³/mol. The molecule has 4 heteroatoms. The second-order valence-corrected chi connectivity index (χ2v) is 7.34. The molecule has 27 heavy (non-hydrogen) atoms. The van der Waals surface area contributed by atoms with E-state index in [1.54, 1.807) is 0 Å². The Balaban J connectivity index is 2.45. The van der Waals surface area contributed by atoms with E-state index in [1.165, 1.54) is 17.4 Å². The van der Waals surface area contributed by atoms with Gasteiger partial charge < -0.3 is 0 Å². The average molecular weight is 371 g/mol. The van der Waals surface area contributed by atoms with E-state index in [0.717, 1.165) is 49.8 Å². The Bertz CT molecular complexity index is 819. The van der Waals surface area contributed by atoms with Gasteiger partial charge in [-0.2, -0.15) is 0 Å². The molecule has 0 atom stereocenters. The standard InChI is InChI=1S/C23H34N2O2/c1-4-6-8-13-17-24-19(3)21(20-15-11-10-12-16-20)22(26)25(23(24)27)18-14-9-7-5-2/h10-12,15-16H,4-9,13-14,17-18H2,1-3H3. The van der Waals surface area contributed by atoms with E-state index in [9.17, 15) is 9.59 Å². The van der Waals surface area contributed by atoms with Crippen LogP contribution >= 0.6 is 0 Å². The minimum atomic E-state index is -0.148. The molecule has 0 radical (unpaired) electrons. The van der Waals surface area contributed by atoms with Gasteiger partial charge in [-0.25, -0.2) is 4.79 Å². The minimum absolute atomic E-state index is 0.148. The Morgan fingerprint density at radius 1 is 0.741 bits per heavy atom. The Kier molecular flexibility index (Phi) is 8.56. The van der Waals surface area contributed by atoms with E-state index in [4.69, 9.17) is 0 Å². The quantitative estimate of drug-likeness (QED) is 0.514. The zero-order chi connectivity index (χ0) is 19.6. The van der Waals surface area contributed by atoms with E-state index in [-0.39, 0.29) is 11.2 Å². The summed E-state index contributed by atoms with van der Waals surface area (Å²) < 4.78 is 3.28. The molecule has 2 rings (SSSR count). The van der Waals surface area contributed by atoms with Crippen LogP contribution in [0.5, 0.6) is 0 Å². The van der Waals surface area contributed by atoms with Crippen LogP contribution in [0.4, 0.5) is 0 Å². The zero-order valence-corrected chi connectivity index (χ0v) is 17.2. The van der Waals surface area contributed by atoms with Gasteiger partial charge in [-0.15, -0.1) is 0 Å². The fraction of sp³-hybridized carbons (Fsp3) is 0.565. The van der Waals surface area contributed by atoms with Crippen molar-refractivity contribution < 1.29 is 0 Å². The van der Waals surface area contributed by atoms with Crippen LogP contribution < -0.4 is 11.2 Å². The molecule has 0 saturated heterocycles. The van der Waals surface area contributed by atoms with Crippen LogP contribution in [-0.4, -0.2) is 9.13 Å². The first-order chi connectivity index (χ1) is 13.1. The Labute approximate surface area is 162 Å². The van der Waals surface area contributed by atoms with E-state index >= 15 is 0 Å². The van der Waals surface area contributed by atoms with Crippen molar-refractivity contribution in [2.75, 3.05) is 0 Å². The monoisotopic (exact) mass is 370 g/mol. The molecule has 0 N–H and O–H groups in total. The van der Waals surface area contributed by atoms with Gasteiger partial charge in [0.25, 0.3) is 5.56 Å². The molecule has 0 saturated carbocycles. The molecular formula is C23H34N2O2. The van der Waals surface area contributed by atoms with Crippen LogP contribution in [0.2, 0.25) is 0 Å². The molecule has 1 aromatic carbocycles. The van der Waals surface area contributed by atoms with Crippen LogP contribution in [0.3, 0.4) is 0 Å². The van der Waals surface area contributed by atoms with Gasteiger partial charge in [0, 0.05) is 18.8 Å².